The van der Waals surface area contributed by atoms with Crippen molar-refractivity contribution < 1.29 is 22.8 Å². The Balaban J connectivity index is 1.84. The first-order valence-corrected chi connectivity index (χ1v) is 12.9. The van der Waals surface area contributed by atoms with Crippen LogP contribution in [0.4, 0.5) is 0 Å². The molecule has 0 bridgehead atoms. The van der Waals surface area contributed by atoms with E-state index in [0.717, 1.165) is 4.31 Å². The summed E-state index contributed by atoms with van der Waals surface area (Å²) in [5.74, 6) is -1.43. The Labute approximate surface area is 204 Å². The third-order valence-electron chi connectivity index (χ3n) is 5.56. The first kappa shape index (κ1) is 25.7. The number of hydrogen-bond acceptors (Lipinski definition) is 5. The fourth-order valence-corrected chi connectivity index (χ4v) is 5.67. The van der Waals surface area contributed by atoms with Gasteiger partial charge in [0, 0.05) is 30.6 Å². The van der Waals surface area contributed by atoms with E-state index in [2.05, 4.69) is 5.32 Å². The zero-order chi connectivity index (χ0) is 25.0. The number of fused-ring (bicyclic) bond motifs is 1. The van der Waals surface area contributed by atoms with Gasteiger partial charge in [-0.25, -0.2) is 12.7 Å². The fourth-order valence-electron chi connectivity index (χ4n) is 3.90. The van der Waals surface area contributed by atoms with Crippen molar-refractivity contribution in [1.29, 1.82) is 0 Å². The van der Waals surface area contributed by atoms with Gasteiger partial charge in [0.05, 0.1) is 5.56 Å². The summed E-state index contributed by atoms with van der Waals surface area (Å²) in [6, 6.07) is 12.1. The summed E-state index contributed by atoms with van der Waals surface area (Å²) in [5, 5.41) is 3.28. The summed E-state index contributed by atoms with van der Waals surface area (Å²) in [7, 11) is -4.03. The molecule has 0 radical (unpaired) electrons. The lowest BCUT2D eigenvalue weighted by Crippen LogP contribution is -2.51. The maximum atomic E-state index is 13.4. The van der Waals surface area contributed by atoms with E-state index < -0.39 is 27.9 Å². The Morgan fingerprint density at radius 1 is 1.09 bits per heavy atom. The van der Waals surface area contributed by atoms with Crippen molar-refractivity contribution in [2.75, 3.05) is 6.54 Å². The van der Waals surface area contributed by atoms with Gasteiger partial charge in [-0.2, -0.15) is 0 Å². The SMILES string of the molecule is CC[C@@H](C(=O)NC(C)C)N(Cc1ccccc1Cl)C(=O)CCN1C(=O)c2ccccc2S1(=O)=O. The molecule has 1 heterocycles. The molecule has 0 saturated carbocycles. The third kappa shape index (κ3) is 5.26. The van der Waals surface area contributed by atoms with Crippen LogP contribution < -0.4 is 5.32 Å². The minimum atomic E-state index is -4.03. The number of hydrogen-bond donors (Lipinski definition) is 1. The van der Waals surface area contributed by atoms with Crippen molar-refractivity contribution in [3.63, 3.8) is 0 Å². The second-order valence-electron chi connectivity index (χ2n) is 8.33. The molecule has 8 nitrogen and oxygen atoms in total. The van der Waals surface area contributed by atoms with Crippen LogP contribution in [0.3, 0.4) is 0 Å². The molecule has 0 spiro atoms. The molecule has 0 unspecified atom stereocenters. The molecule has 10 heteroatoms. The summed E-state index contributed by atoms with van der Waals surface area (Å²) in [5.41, 5.74) is 0.746. The Kier molecular flexibility index (Phi) is 7.99. The van der Waals surface area contributed by atoms with Gasteiger partial charge < -0.3 is 10.2 Å². The van der Waals surface area contributed by atoms with Gasteiger partial charge in [-0.3, -0.25) is 14.4 Å². The minimum absolute atomic E-state index is 0.0666. The van der Waals surface area contributed by atoms with Crippen LogP contribution in [0.25, 0.3) is 0 Å². The Morgan fingerprint density at radius 2 is 1.74 bits per heavy atom. The smallest absolute Gasteiger partial charge is 0.269 e. The quantitative estimate of drug-likeness (QED) is 0.563. The number of rotatable bonds is 9. The first-order chi connectivity index (χ1) is 16.1. The van der Waals surface area contributed by atoms with Crippen molar-refractivity contribution in [3.05, 3.63) is 64.7 Å². The van der Waals surface area contributed by atoms with Gasteiger partial charge >= 0.3 is 0 Å². The maximum absolute atomic E-state index is 13.4. The number of sulfonamides is 1. The van der Waals surface area contributed by atoms with Crippen molar-refractivity contribution >= 4 is 39.3 Å². The number of amides is 3. The van der Waals surface area contributed by atoms with E-state index in [1.54, 1.807) is 43.3 Å². The van der Waals surface area contributed by atoms with Crippen LogP contribution in [-0.2, 0) is 26.2 Å². The minimum Gasteiger partial charge on any atom is -0.352 e. The van der Waals surface area contributed by atoms with Crippen molar-refractivity contribution in [2.24, 2.45) is 0 Å². The zero-order valence-corrected chi connectivity index (χ0v) is 20.9. The Morgan fingerprint density at radius 3 is 2.35 bits per heavy atom. The molecule has 0 fully saturated rings. The van der Waals surface area contributed by atoms with Crippen LogP contribution in [0, 0.1) is 0 Å². The second-order valence-corrected chi connectivity index (χ2v) is 10.6. The maximum Gasteiger partial charge on any atom is 0.269 e. The van der Waals surface area contributed by atoms with Gasteiger partial charge in [0.1, 0.15) is 10.9 Å². The molecular formula is C24H28ClN3O5S. The van der Waals surface area contributed by atoms with E-state index in [0.29, 0.717) is 17.0 Å². The van der Waals surface area contributed by atoms with Gasteiger partial charge in [0.15, 0.2) is 0 Å². The lowest BCUT2D eigenvalue weighted by molar-refractivity contribution is -0.141. The van der Waals surface area contributed by atoms with E-state index in [1.165, 1.54) is 17.0 Å². The average molecular weight is 506 g/mol. The van der Waals surface area contributed by atoms with Gasteiger partial charge in [-0.15, -0.1) is 0 Å². The van der Waals surface area contributed by atoms with E-state index in [-0.39, 0.29) is 41.9 Å². The van der Waals surface area contributed by atoms with Crippen LogP contribution >= 0.6 is 11.6 Å². The summed E-state index contributed by atoms with van der Waals surface area (Å²) in [6.45, 7) is 5.20. The van der Waals surface area contributed by atoms with E-state index in [4.69, 9.17) is 11.6 Å². The number of nitrogens with one attached hydrogen (secondary N) is 1. The van der Waals surface area contributed by atoms with Gasteiger partial charge in [0.25, 0.3) is 15.9 Å². The largest absolute Gasteiger partial charge is 0.352 e. The van der Waals surface area contributed by atoms with Crippen LogP contribution in [0.15, 0.2) is 53.4 Å². The first-order valence-electron chi connectivity index (χ1n) is 11.1. The molecule has 182 valence electrons. The Hall–Kier alpha value is -2.91. The van der Waals surface area contributed by atoms with Crippen LogP contribution in [-0.4, -0.2) is 54.0 Å². The van der Waals surface area contributed by atoms with E-state index in [9.17, 15) is 22.8 Å². The fraction of sp³-hybridized carbons (Fsp3) is 0.375. The second kappa shape index (κ2) is 10.6. The van der Waals surface area contributed by atoms with Gasteiger partial charge in [-0.1, -0.05) is 48.9 Å². The highest BCUT2D eigenvalue weighted by Gasteiger charge is 2.41. The Bertz CT molecular complexity index is 1200. The van der Waals surface area contributed by atoms with E-state index in [1.807, 2.05) is 13.8 Å². The highest BCUT2D eigenvalue weighted by molar-refractivity contribution is 7.90. The monoisotopic (exact) mass is 505 g/mol. The average Bonchev–Trinajstić information content (AvgIpc) is 2.98. The number of carbonyl (C=O) groups is 3. The number of carbonyl (C=O) groups excluding carboxylic acids is 3. The standard InChI is InChI=1S/C24H28ClN3O5S/c1-4-20(23(30)26-16(2)3)27(15-17-9-5-7-11-19(17)25)22(29)13-14-28-24(31)18-10-6-8-12-21(18)34(28,32)33/h5-12,16,20H,4,13-15H2,1-3H3,(H,26,30)/t20-/m0/s1. The molecule has 1 aliphatic heterocycles. The topological polar surface area (TPSA) is 104 Å². The molecule has 2 aromatic rings. The molecule has 1 N–H and O–H groups in total. The molecule has 1 atom stereocenters. The number of halogens is 1. The number of nitrogens with zero attached hydrogens (tertiary/aromatic N) is 2. The number of benzene rings is 2. The van der Waals surface area contributed by atoms with Gasteiger partial charge in [-0.05, 0) is 44.0 Å². The van der Waals surface area contributed by atoms with Crippen LogP contribution in [0.5, 0.6) is 0 Å². The van der Waals surface area contributed by atoms with Crippen LogP contribution in [0.1, 0.15) is 49.5 Å². The van der Waals surface area contributed by atoms with Crippen LogP contribution in [0.2, 0.25) is 5.02 Å². The van der Waals surface area contributed by atoms with Crippen molar-refractivity contribution in [2.45, 2.75) is 57.1 Å². The molecule has 34 heavy (non-hydrogen) atoms. The summed E-state index contributed by atoms with van der Waals surface area (Å²) in [4.78, 5) is 40.3. The summed E-state index contributed by atoms with van der Waals surface area (Å²) >= 11 is 6.30. The highest BCUT2D eigenvalue weighted by Crippen LogP contribution is 2.30. The molecule has 0 aliphatic carbocycles. The van der Waals surface area contributed by atoms with Crippen molar-refractivity contribution in [3.8, 4) is 0 Å². The molecule has 3 rings (SSSR count). The summed E-state index contributed by atoms with van der Waals surface area (Å²) < 4.78 is 26.4. The molecule has 1 aliphatic rings. The molecule has 0 saturated heterocycles. The van der Waals surface area contributed by atoms with E-state index >= 15 is 0 Å². The predicted molar refractivity (Wildman–Crippen MR) is 129 cm³/mol. The molecule has 3 amide bonds. The lowest BCUT2D eigenvalue weighted by Gasteiger charge is -2.32. The predicted octanol–water partition coefficient (Wildman–Crippen LogP) is 3.21. The molecule has 2 aromatic carbocycles. The summed E-state index contributed by atoms with van der Waals surface area (Å²) in [6.07, 6.45) is 0.0794. The normalized spacial score (nSPS) is 15.2. The third-order valence-corrected chi connectivity index (χ3v) is 7.77. The molecule has 0 aromatic heterocycles. The van der Waals surface area contributed by atoms with Crippen molar-refractivity contribution in [1.82, 2.24) is 14.5 Å². The highest BCUT2D eigenvalue weighted by atomic mass is 35.5. The zero-order valence-electron chi connectivity index (χ0n) is 19.3. The molecular weight excluding hydrogens is 478 g/mol. The lowest BCUT2D eigenvalue weighted by atomic mass is 10.1. The van der Waals surface area contributed by atoms with Gasteiger partial charge in [0.2, 0.25) is 11.8 Å².